The van der Waals surface area contributed by atoms with Crippen LogP contribution >= 0.6 is 0 Å². The van der Waals surface area contributed by atoms with Gasteiger partial charge in [-0.3, -0.25) is 0 Å². The molecule has 2 heterocycles. The van der Waals surface area contributed by atoms with E-state index in [0.717, 1.165) is 23.6 Å². The van der Waals surface area contributed by atoms with Crippen LogP contribution in [0.5, 0.6) is 0 Å². The minimum absolute atomic E-state index is 0.279. The number of imidazole rings is 1. The topological polar surface area (TPSA) is 69.6 Å². The van der Waals surface area contributed by atoms with Crippen molar-refractivity contribution < 1.29 is 0 Å². The molecule has 2 rings (SSSR count). The summed E-state index contributed by atoms with van der Waals surface area (Å²) in [5.74, 6) is 1.12. The van der Waals surface area contributed by atoms with Gasteiger partial charge in [0, 0.05) is 25.1 Å². The van der Waals surface area contributed by atoms with Crippen LogP contribution in [0.2, 0.25) is 0 Å². The lowest BCUT2D eigenvalue weighted by molar-refractivity contribution is 0.767. The van der Waals surface area contributed by atoms with Gasteiger partial charge in [0.1, 0.15) is 5.69 Å². The van der Waals surface area contributed by atoms with E-state index >= 15 is 0 Å². The highest BCUT2D eigenvalue weighted by atomic mass is 15.1. The van der Waals surface area contributed by atoms with Gasteiger partial charge < -0.3 is 10.3 Å². The van der Waals surface area contributed by atoms with E-state index in [9.17, 15) is 0 Å². The van der Waals surface area contributed by atoms with Gasteiger partial charge in [0.2, 0.25) is 5.95 Å². The third kappa shape index (κ3) is 1.68. The molecule has 2 N–H and O–H groups in total. The van der Waals surface area contributed by atoms with E-state index in [0.29, 0.717) is 0 Å². The van der Waals surface area contributed by atoms with Gasteiger partial charge >= 0.3 is 0 Å². The lowest BCUT2D eigenvalue weighted by atomic mass is 10.2. The predicted octanol–water partition coefficient (Wildman–Crippen LogP) is 1.25. The molecule has 2 aromatic rings. The molecule has 0 radical (unpaired) electrons. The number of nitrogen functional groups attached to an aromatic ring is 1. The molecule has 15 heavy (non-hydrogen) atoms. The lowest BCUT2D eigenvalue weighted by Crippen LogP contribution is -2.03. The molecule has 0 atom stereocenters. The first-order valence-electron chi connectivity index (χ1n) is 4.83. The first kappa shape index (κ1) is 9.64. The number of rotatable bonds is 2. The number of nitrogens with two attached hydrogens (primary N) is 1. The third-order valence-corrected chi connectivity index (χ3v) is 2.26. The highest BCUT2D eigenvalue weighted by Crippen LogP contribution is 2.19. The zero-order valence-corrected chi connectivity index (χ0v) is 8.81. The fourth-order valence-electron chi connectivity index (χ4n) is 1.46. The second-order valence-electron chi connectivity index (χ2n) is 3.30. The van der Waals surface area contributed by atoms with Crippen LogP contribution in [0.25, 0.3) is 11.5 Å². The van der Waals surface area contributed by atoms with Gasteiger partial charge in [-0.15, -0.1) is 0 Å². The molecule has 0 spiro atoms. The smallest absolute Gasteiger partial charge is 0.220 e. The van der Waals surface area contributed by atoms with Gasteiger partial charge in [0.15, 0.2) is 5.82 Å². The second kappa shape index (κ2) is 3.68. The summed E-state index contributed by atoms with van der Waals surface area (Å²) in [7, 11) is 0. The van der Waals surface area contributed by atoms with E-state index in [1.54, 1.807) is 12.4 Å². The first-order chi connectivity index (χ1) is 7.22. The number of hydrogen-bond acceptors (Lipinski definition) is 4. The summed E-state index contributed by atoms with van der Waals surface area (Å²) in [6.45, 7) is 4.87. The minimum atomic E-state index is 0.279. The summed E-state index contributed by atoms with van der Waals surface area (Å²) in [6, 6.07) is 0. The summed E-state index contributed by atoms with van der Waals surface area (Å²) < 4.78 is 2.02. The Morgan fingerprint density at radius 3 is 2.93 bits per heavy atom. The molecule has 5 heteroatoms. The standard InChI is InChI=1S/C10H13N5/c1-3-15-5-4-12-9(15)8-7(2)6-13-10(11)14-8/h4-6H,3H2,1-2H3,(H2,11,13,14). The summed E-state index contributed by atoms with van der Waals surface area (Å²) in [6.07, 6.45) is 5.40. The van der Waals surface area contributed by atoms with Crippen molar-refractivity contribution in [1.82, 2.24) is 19.5 Å². The molecule has 0 amide bonds. The molecule has 5 nitrogen and oxygen atoms in total. The highest BCUT2D eigenvalue weighted by Gasteiger charge is 2.10. The summed E-state index contributed by atoms with van der Waals surface area (Å²) in [5.41, 5.74) is 7.34. The first-order valence-corrected chi connectivity index (χ1v) is 4.83. The van der Waals surface area contributed by atoms with Crippen molar-refractivity contribution in [2.24, 2.45) is 0 Å². The van der Waals surface area contributed by atoms with Crippen molar-refractivity contribution in [2.45, 2.75) is 20.4 Å². The Morgan fingerprint density at radius 1 is 1.40 bits per heavy atom. The second-order valence-corrected chi connectivity index (χ2v) is 3.30. The van der Waals surface area contributed by atoms with Gasteiger partial charge in [-0.25, -0.2) is 15.0 Å². The fourth-order valence-corrected chi connectivity index (χ4v) is 1.46. The Kier molecular flexibility index (Phi) is 2.37. The van der Waals surface area contributed by atoms with Gasteiger partial charge in [-0.05, 0) is 19.4 Å². The monoisotopic (exact) mass is 203 g/mol. The third-order valence-electron chi connectivity index (χ3n) is 2.26. The van der Waals surface area contributed by atoms with E-state index in [2.05, 4.69) is 21.9 Å². The number of anilines is 1. The van der Waals surface area contributed by atoms with Crippen molar-refractivity contribution in [3.05, 3.63) is 24.2 Å². The van der Waals surface area contributed by atoms with Crippen molar-refractivity contribution in [3.63, 3.8) is 0 Å². The molecule has 0 aliphatic rings. The van der Waals surface area contributed by atoms with Gasteiger partial charge in [0.25, 0.3) is 0 Å². The summed E-state index contributed by atoms with van der Waals surface area (Å²) in [4.78, 5) is 12.4. The molecular weight excluding hydrogens is 190 g/mol. The van der Waals surface area contributed by atoms with E-state index in [1.165, 1.54) is 0 Å². The summed E-state index contributed by atoms with van der Waals surface area (Å²) in [5, 5.41) is 0. The number of aromatic nitrogens is 4. The van der Waals surface area contributed by atoms with Crippen molar-refractivity contribution >= 4 is 5.95 Å². The lowest BCUT2D eigenvalue weighted by Gasteiger charge is -2.06. The van der Waals surface area contributed by atoms with Crippen molar-refractivity contribution in [3.8, 4) is 11.5 Å². The quantitative estimate of drug-likeness (QED) is 0.797. The van der Waals surface area contributed by atoms with Crippen LogP contribution < -0.4 is 5.73 Å². The molecule has 0 aromatic carbocycles. The number of aryl methyl sites for hydroxylation is 2. The Labute approximate surface area is 88.0 Å². The molecule has 0 bridgehead atoms. The average Bonchev–Trinajstić information content (AvgIpc) is 2.69. The maximum Gasteiger partial charge on any atom is 0.220 e. The fraction of sp³-hybridized carbons (Fsp3) is 0.300. The maximum atomic E-state index is 5.57. The molecule has 0 saturated carbocycles. The van der Waals surface area contributed by atoms with E-state index in [4.69, 9.17) is 5.73 Å². The number of nitrogens with zero attached hydrogens (tertiary/aromatic N) is 4. The van der Waals surface area contributed by atoms with Crippen LogP contribution in [-0.2, 0) is 6.54 Å². The van der Waals surface area contributed by atoms with Gasteiger partial charge in [-0.1, -0.05) is 0 Å². The van der Waals surface area contributed by atoms with Crippen molar-refractivity contribution in [2.75, 3.05) is 5.73 Å². The van der Waals surface area contributed by atoms with E-state index in [-0.39, 0.29) is 5.95 Å². The van der Waals surface area contributed by atoms with Crippen LogP contribution in [-0.4, -0.2) is 19.5 Å². The van der Waals surface area contributed by atoms with Crippen LogP contribution in [0.15, 0.2) is 18.6 Å². The Balaban J connectivity index is 2.58. The van der Waals surface area contributed by atoms with Crippen LogP contribution in [0.4, 0.5) is 5.95 Å². The highest BCUT2D eigenvalue weighted by molar-refractivity contribution is 5.55. The Morgan fingerprint density at radius 2 is 2.20 bits per heavy atom. The molecule has 2 aromatic heterocycles. The zero-order valence-electron chi connectivity index (χ0n) is 8.81. The van der Waals surface area contributed by atoms with Crippen molar-refractivity contribution in [1.29, 1.82) is 0 Å². The predicted molar refractivity (Wildman–Crippen MR) is 58.1 cm³/mol. The molecular formula is C10H13N5. The van der Waals surface area contributed by atoms with Crippen LogP contribution in [0, 0.1) is 6.92 Å². The molecule has 78 valence electrons. The molecule has 0 saturated heterocycles. The molecule has 0 unspecified atom stereocenters. The number of hydrogen-bond donors (Lipinski definition) is 1. The molecule has 0 fully saturated rings. The zero-order chi connectivity index (χ0) is 10.8. The maximum absolute atomic E-state index is 5.57. The molecule has 0 aliphatic carbocycles. The Bertz CT molecular complexity index is 474. The normalized spacial score (nSPS) is 10.5. The average molecular weight is 203 g/mol. The van der Waals surface area contributed by atoms with Crippen LogP contribution in [0.1, 0.15) is 12.5 Å². The molecule has 0 aliphatic heterocycles. The largest absolute Gasteiger partial charge is 0.368 e. The SMILES string of the molecule is CCn1ccnc1-c1nc(N)ncc1C. The Hall–Kier alpha value is -1.91. The van der Waals surface area contributed by atoms with Gasteiger partial charge in [0.05, 0.1) is 0 Å². The summed E-state index contributed by atoms with van der Waals surface area (Å²) >= 11 is 0. The van der Waals surface area contributed by atoms with Crippen LogP contribution in [0.3, 0.4) is 0 Å². The minimum Gasteiger partial charge on any atom is -0.368 e. The van der Waals surface area contributed by atoms with E-state index in [1.807, 2.05) is 17.7 Å². The van der Waals surface area contributed by atoms with Gasteiger partial charge in [-0.2, -0.15) is 0 Å². The van der Waals surface area contributed by atoms with E-state index < -0.39 is 0 Å².